The van der Waals surface area contributed by atoms with Crippen molar-refractivity contribution in [1.82, 2.24) is 14.1 Å². The maximum absolute atomic E-state index is 13.3. The number of Topliss-reactive ketones (excluding diaryl/α,β-unsaturated/α-hetero) is 1. The van der Waals surface area contributed by atoms with Crippen LogP contribution in [0.5, 0.6) is 0 Å². The fraction of sp³-hybridized carbons (Fsp3) is 0.143. The Morgan fingerprint density at radius 3 is 2.41 bits per heavy atom. The normalized spacial score (nSPS) is 11.1. The molecule has 2 aromatic heterocycles. The third kappa shape index (κ3) is 3.83. The van der Waals surface area contributed by atoms with E-state index in [1.807, 2.05) is 60.0 Å². The monoisotopic (exact) mass is 439 g/mol. The topological polar surface area (TPSA) is 56.9 Å². The average molecular weight is 440 g/mol. The lowest BCUT2D eigenvalue weighted by Gasteiger charge is -2.12. The number of rotatable bonds is 6. The smallest absolute Gasteiger partial charge is 0.278 e. The van der Waals surface area contributed by atoms with Crippen molar-refractivity contribution in [3.8, 4) is 5.69 Å². The van der Waals surface area contributed by atoms with Crippen molar-refractivity contribution >= 4 is 51.4 Å². The third-order valence-corrected chi connectivity index (χ3v) is 6.78. The Morgan fingerprint density at radius 1 is 1.10 bits per heavy atom. The summed E-state index contributed by atoms with van der Waals surface area (Å²) in [5.74, 6) is 0.174. The maximum Gasteiger partial charge on any atom is 0.278 e. The van der Waals surface area contributed by atoms with Crippen LogP contribution in [0.15, 0.2) is 70.6 Å². The minimum atomic E-state index is -0.167. The van der Waals surface area contributed by atoms with Crippen molar-refractivity contribution in [3.05, 3.63) is 80.5 Å². The predicted molar refractivity (Wildman–Crippen MR) is 121 cm³/mol. The quantitative estimate of drug-likeness (QED) is 0.184. The SMILES string of the molecule is CCn1c(=S)sc2c(=O)n(-c3ccccc3)c(SCC(=O)c3ccccc3)nc21. The standard InChI is InChI=1S/C21H17N3O2S3/c1-2-23-18-17(29-21(23)27)19(26)24(15-11-7-4-8-12-15)20(22-18)28-13-16(25)14-9-5-3-6-10-14/h3-12H,2,13H2,1H3. The molecule has 146 valence electrons. The highest BCUT2D eigenvalue weighted by atomic mass is 32.2. The lowest BCUT2D eigenvalue weighted by molar-refractivity contribution is 0.102. The van der Waals surface area contributed by atoms with Crippen LogP contribution in [0.25, 0.3) is 16.0 Å². The maximum atomic E-state index is 13.3. The predicted octanol–water partition coefficient (Wildman–Crippen LogP) is 4.97. The molecule has 4 aromatic rings. The number of benzene rings is 2. The molecule has 0 saturated carbocycles. The number of aromatic nitrogens is 3. The molecule has 0 aliphatic heterocycles. The molecule has 2 aromatic carbocycles. The Morgan fingerprint density at radius 2 is 1.76 bits per heavy atom. The van der Waals surface area contributed by atoms with Gasteiger partial charge in [-0.05, 0) is 31.3 Å². The van der Waals surface area contributed by atoms with Crippen LogP contribution in [0, 0.1) is 3.95 Å². The number of hydrogen-bond donors (Lipinski definition) is 0. The Hall–Kier alpha value is -2.55. The molecule has 0 spiro atoms. The number of fused-ring (bicyclic) bond motifs is 1. The second-order valence-corrected chi connectivity index (χ2v) is 8.80. The first-order valence-corrected chi connectivity index (χ1v) is 11.2. The minimum Gasteiger partial charge on any atom is -0.308 e. The highest BCUT2D eigenvalue weighted by Crippen LogP contribution is 2.25. The van der Waals surface area contributed by atoms with Crippen LogP contribution < -0.4 is 5.56 Å². The number of carbonyl (C=O) groups is 1. The first kappa shape index (κ1) is 19.8. The first-order chi connectivity index (χ1) is 14.1. The van der Waals surface area contributed by atoms with E-state index in [4.69, 9.17) is 17.2 Å². The summed E-state index contributed by atoms with van der Waals surface area (Å²) in [7, 11) is 0. The number of hydrogen-bond acceptors (Lipinski definition) is 6. The van der Waals surface area contributed by atoms with Gasteiger partial charge in [0.25, 0.3) is 5.56 Å². The van der Waals surface area contributed by atoms with E-state index in [2.05, 4.69) is 0 Å². The van der Waals surface area contributed by atoms with Gasteiger partial charge < -0.3 is 4.57 Å². The Bertz CT molecular complexity index is 1290. The molecule has 29 heavy (non-hydrogen) atoms. The molecule has 0 unspecified atom stereocenters. The van der Waals surface area contributed by atoms with Crippen molar-refractivity contribution in [2.24, 2.45) is 0 Å². The van der Waals surface area contributed by atoms with Gasteiger partial charge >= 0.3 is 0 Å². The zero-order valence-corrected chi connectivity index (χ0v) is 18.0. The molecule has 0 saturated heterocycles. The van der Waals surface area contributed by atoms with Crippen LogP contribution in [0.3, 0.4) is 0 Å². The molecule has 2 heterocycles. The molecule has 0 aliphatic carbocycles. The summed E-state index contributed by atoms with van der Waals surface area (Å²) in [5, 5.41) is 0.480. The van der Waals surface area contributed by atoms with Gasteiger partial charge in [-0.25, -0.2) is 4.98 Å². The van der Waals surface area contributed by atoms with E-state index in [0.717, 1.165) is 0 Å². The van der Waals surface area contributed by atoms with Gasteiger partial charge in [0.2, 0.25) is 0 Å². The molecule has 0 N–H and O–H groups in total. The number of ketones is 1. The average Bonchev–Trinajstić information content (AvgIpc) is 3.08. The van der Waals surface area contributed by atoms with Gasteiger partial charge in [0.05, 0.1) is 11.4 Å². The van der Waals surface area contributed by atoms with E-state index < -0.39 is 0 Å². The van der Waals surface area contributed by atoms with E-state index >= 15 is 0 Å². The minimum absolute atomic E-state index is 0.0118. The fourth-order valence-corrected chi connectivity index (χ4v) is 5.28. The zero-order valence-electron chi connectivity index (χ0n) is 15.6. The Kier molecular flexibility index (Phi) is 5.75. The van der Waals surface area contributed by atoms with Crippen LogP contribution in [0.2, 0.25) is 0 Å². The van der Waals surface area contributed by atoms with E-state index in [0.29, 0.717) is 37.3 Å². The number of thioether (sulfide) groups is 1. The van der Waals surface area contributed by atoms with Crippen LogP contribution in [0.4, 0.5) is 0 Å². The number of para-hydroxylation sites is 1. The first-order valence-electron chi connectivity index (χ1n) is 9.03. The molecule has 0 aliphatic rings. The largest absolute Gasteiger partial charge is 0.308 e. The van der Waals surface area contributed by atoms with Crippen molar-refractivity contribution < 1.29 is 4.79 Å². The van der Waals surface area contributed by atoms with Gasteiger partial charge in [-0.15, -0.1) is 0 Å². The van der Waals surface area contributed by atoms with Gasteiger partial charge in [0, 0.05) is 12.1 Å². The van der Waals surface area contributed by atoms with Crippen LogP contribution in [-0.2, 0) is 6.54 Å². The van der Waals surface area contributed by atoms with Crippen molar-refractivity contribution in [2.45, 2.75) is 18.6 Å². The van der Waals surface area contributed by atoms with Crippen LogP contribution in [0.1, 0.15) is 17.3 Å². The second kappa shape index (κ2) is 8.44. The summed E-state index contributed by atoms with van der Waals surface area (Å²) in [6.45, 7) is 2.60. The lowest BCUT2D eigenvalue weighted by Crippen LogP contribution is -2.22. The summed E-state index contributed by atoms with van der Waals surface area (Å²) in [4.78, 5) is 30.7. The number of carbonyl (C=O) groups excluding carboxylic acids is 1. The molecule has 0 radical (unpaired) electrons. The second-order valence-electron chi connectivity index (χ2n) is 6.21. The van der Waals surface area contributed by atoms with Crippen LogP contribution >= 0.6 is 35.3 Å². The molecular formula is C21H17N3O2S3. The Balaban J connectivity index is 1.83. The van der Waals surface area contributed by atoms with Gasteiger partial charge in [0.15, 0.2) is 20.5 Å². The molecule has 0 amide bonds. The lowest BCUT2D eigenvalue weighted by atomic mass is 10.2. The molecule has 0 bridgehead atoms. The van der Waals surface area contributed by atoms with Crippen molar-refractivity contribution in [3.63, 3.8) is 0 Å². The fourth-order valence-electron chi connectivity index (χ4n) is 2.99. The molecular weight excluding hydrogens is 422 g/mol. The molecule has 0 fully saturated rings. The highest BCUT2D eigenvalue weighted by molar-refractivity contribution is 7.99. The zero-order chi connectivity index (χ0) is 20.4. The highest BCUT2D eigenvalue weighted by Gasteiger charge is 2.18. The molecule has 0 atom stereocenters. The van der Waals surface area contributed by atoms with E-state index in [1.54, 1.807) is 16.7 Å². The van der Waals surface area contributed by atoms with Gasteiger partial charge in [-0.1, -0.05) is 71.6 Å². The van der Waals surface area contributed by atoms with Gasteiger partial charge in [-0.3, -0.25) is 14.2 Å². The van der Waals surface area contributed by atoms with Gasteiger partial charge in [-0.2, -0.15) is 0 Å². The summed E-state index contributed by atoms with van der Waals surface area (Å²) < 4.78 is 4.57. The van der Waals surface area contributed by atoms with Gasteiger partial charge in [0.1, 0.15) is 4.70 Å². The third-order valence-electron chi connectivity index (χ3n) is 4.42. The van der Waals surface area contributed by atoms with E-state index in [9.17, 15) is 9.59 Å². The number of aryl methyl sites for hydroxylation is 1. The molecule has 4 rings (SSSR count). The van der Waals surface area contributed by atoms with E-state index in [1.165, 1.54) is 23.1 Å². The molecule has 5 nitrogen and oxygen atoms in total. The van der Waals surface area contributed by atoms with Crippen molar-refractivity contribution in [1.29, 1.82) is 0 Å². The summed E-state index contributed by atoms with van der Waals surface area (Å²) >= 11 is 7.95. The number of nitrogens with zero attached hydrogens (tertiary/aromatic N) is 3. The summed E-state index contributed by atoms with van der Waals surface area (Å²) in [6, 6.07) is 18.5. The van der Waals surface area contributed by atoms with Crippen molar-refractivity contribution in [2.75, 3.05) is 5.75 Å². The summed E-state index contributed by atoms with van der Waals surface area (Å²) in [5.41, 5.74) is 1.76. The van der Waals surface area contributed by atoms with E-state index in [-0.39, 0.29) is 17.1 Å². The number of thiazole rings is 1. The van der Waals surface area contributed by atoms with Crippen LogP contribution in [-0.4, -0.2) is 25.7 Å². The Labute approximate surface area is 180 Å². The summed E-state index contributed by atoms with van der Waals surface area (Å²) in [6.07, 6.45) is 0. The molecule has 8 heteroatoms.